The van der Waals surface area contributed by atoms with Gasteiger partial charge in [0, 0.05) is 11.8 Å². The number of nitrogens with one attached hydrogen (secondary N) is 1. The van der Waals surface area contributed by atoms with Crippen molar-refractivity contribution in [2.75, 3.05) is 6.26 Å². The third-order valence-electron chi connectivity index (χ3n) is 3.49. The van der Waals surface area contributed by atoms with Gasteiger partial charge in [0.1, 0.15) is 0 Å². The maximum Gasteiger partial charge on any atom is 0.287 e. The molecule has 1 heterocycles. The van der Waals surface area contributed by atoms with Crippen molar-refractivity contribution in [1.29, 1.82) is 0 Å². The lowest BCUT2D eigenvalue weighted by Gasteiger charge is -2.17. The first-order chi connectivity index (χ1) is 10.3. The topological polar surface area (TPSA) is 76.4 Å². The van der Waals surface area contributed by atoms with Crippen molar-refractivity contribution < 1.29 is 17.6 Å². The molecule has 0 aliphatic heterocycles. The number of carbonyl (C=O) groups is 1. The van der Waals surface area contributed by atoms with Crippen LogP contribution in [0.25, 0.3) is 0 Å². The summed E-state index contributed by atoms with van der Waals surface area (Å²) in [6, 6.07) is 8.08. The van der Waals surface area contributed by atoms with E-state index >= 15 is 0 Å². The zero-order chi connectivity index (χ0) is 16.3. The Kier molecular flexibility index (Phi) is 4.71. The van der Waals surface area contributed by atoms with Gasteiger partial charge in [-0.15, -0.1) is 0 Å². The van der Waals surface area contributed by atoms with E-state index in [2.05, 4.69) is 5.32 Å². The molecule has 2 rings (SSSR count). The lowest BCUT2D eigenvalue weighted by atomic mass is 10.0. The van der Waals surface area contributed by atoms with E-state index in [-0.39, 0.29) is 16.8 Å². The molecule has 1 unspecified atom stereocenters. The standard InChI is InChI=1S/C16H19NO4S/c1-4-14(17-16(18)15-11(2)9-10-21-15)12-5-7-13(8-6-12)22(3,19)20/h5-10,14H,4H2,1-3H3,(H,17,18). The zero-order valence-corrected chi connectivity index (χ0v) is 13.6. The van der Waals surface area contributed by atoms with Crippen LogP contribution in [0.4, 0.5) is 0 Å². The minimum Gasteiger partial charge on any atom is -0.459 e. The highest BCUT2D eigenvalue weighted by molar-refractivity contribution is 7.90. The van der Waals surface area contributed by atoms with E-state index in [4.69, 9.17) is 4.42 Å². The van der Waals surface area contributed by atoms with Crippen molar-refractivity contribution in [1.82, 2.24) is 5.32 Å². The Balaban J connectivity index is 2.18. The molecule has 0 saturated heterocycles. The van der Waals surface area contributed by atoms with Gasteiger partial charge in [-0.25, -0.2) is 8.42 Å². The van der Waals surface area contributed by atoms with Crippen LogP contribution in [0.2, 0.25) is 0 Å². The Morgan fingerprint density at radius 2 is 1.86 bits per heavy atom. The highest BCUT2D eigenvalue weighted by Gasteiger charge is 2.18. The van der Waals surface area contributed by atoms with Crippen LogP contribution in [0.3, 0.4) is 0 Å². The van der Waals surface area contributed by atoms with E-state index in [0.717, 1.165) is 11.1 Å². The predicted octanol–water partition coefficient (Wildman–Crippen LogP) is 2.87. The first-order valence-electron chi connectivity index (χ1n) is 6.98. The minimum absolute atomic E-state index is 0.203. The van der Waals surface area contributed by atoms with E-state index in [9.17, 15) is 13.2 Å². The SMILES string of the molecule is CCC(NC(=O)c1occc1C)c1ccc(S(C)(=O)=O)cc1. The molecule has 118 valence electrons. The van der Waals surface area contributed by atoms with Gasteiger partial charge in [-0.1, -0.05) is 19.1 Å². The van der Waals surface area contributed by atoms with E-state index in [1.165, 1.54) is 12.5 Å². The van der Waals surface area contributed by atoms with E-state index in [1.807, 2.05) is 6.92 Å². The van der Waals surface area contributed by atoms with Crippen molar-refractivity contribution >= 4 is 15.7 Å². The summed E-state index contributed by atoms with van der Waals surface area (Å²) < 4.78 is 28.1. The number of sulfone groups is 1. The van der Waals surface area contributed by atoms with Crippen LogP contribution >= 0.6 is 0 Å². The van der Waals surface area contributed by atoms with Crippen LogP contribution in [0.15, 0.2) is 45.9 Å². The van der Waals surface area contributed by atoms with Gasteiger partial charge in [0.25, 0.3) is 5.91 Å². The molecule has 5 nitrogen and oxygen atoms in total. The Morgan fingerprint density at radius 1 is 1.23 bits per heavy atom. The molecule has 2 aromatic rings. The first-order valence-corrected chi connectivity index (χ1v) is 8.87. The summed E-state index contributed by atoms with van der Waals surface area (Å²) in [6.45, 7) is 3.75. The quantitative estimate of drug-likeness (QED) is 0.918. The average Bonchev–Trinajstić information content (AvgIpc) is 2.90. The highest BCUT2D eigenvalue weighted by atomic mass is 32.2. The lowest BCUT2D eigenvalue weighted by Crippen LogP contribution is -2.28. The van der Waals surface area contributed by atoms with Crippen molar-refractivity contribution in [2.45, 2.75) is 31.2 Å². The summed E-state index contributed by atoms with van der Waals surface area (Å²) in [4.78, 5) is 12.5. The highest BCUT2D eigenvalue weighted by Crippen LogP contribution is 2.20. The molecule has 6 heteroatoms. The number of carbonyl (C=O) groups excluding carboxylic acids is 1. The average molecular weight is 321 g/mol. The van der Waals surface area contributed by atoms with Crippen LogP contribution < -0.4 is 5.32 Å². The summed E-state index contributed by atoms with van der Waals surface area (Å²) in [5.74, 6) is 0.0211. The fourth-order valence-corrected chi connectivity index (χ4v) is 2.83. The third-order valence-corrected chi connectivity index (χ3v) is 4.62. The molecule has 0 bridgehead atoms. The normalized spacial score (nSPS) is 12.9. The number of amides is 1. The molecule has 22 heavy (non-hydrogen) atoms. The molecule has 1 N–H and O–H groups in total. The van der Waals surface area contributed by atoms with Crippen molar-refractivity contribution in [3.63, 3.8) is 0 Å². The smallest absolute Gasteiger partial charge is 0.287 e. The van der Waals surface area contributed by atoms with Gasteiger partial charge in [-0.2, -0.15) is 0 Å². The molecule has 0 radical (unpaired) electrons. The number of hydrogen-bond donors (Lipinski definition) is 1. The van der Waals surface area contributed by atoms with Gasteiger partial charge >= 0.3 is 0 Å². The molecule has 0 aliphatic carbocycles. The number of rotatable bonds is 5. The van der Waals surface area contributed by atoms with Gasteiger partial charge in [-0.05, 0) is 37.1 Å². The van der Waals surface area contributed by atoms with Crippen LogP contribution in [0.5, 0.6) is 0 Å². The summed E-state index contributed by atoms with van der Waals surface area (Å²) in [5.41, 5.74) is 1.63. The predicted molar refractivity (Wildman–Crippen MR) is 83.5 cm³/mol. The molecule has 1 atom stereocenters. The van der Waals surface area contributed by atoms with E-state index < -0.39 is 9.84 Å². The van der Waals surface area contributed by atoms with Gasteiger partial charge < -0.3 is 9.73 Å². The number of furan rings is 1. The first kappa shape index (κ1) is 16.3. The monoisotopic (exact) mass is 321 g/mol. The van der Waals surface area contributed by atoms with Gasteiger partial charge in [-0.3, -0.25) is 4.79 Å². The minimum atomic E-state index is -3.22. The maximum atomic E-state index is 12.2. The van der Waals surface area contributed by atoms with Crippen molar-refractivity contribution in [3.05, 3.63) is 53.5 Å². The van der Waals surface area contributed by atoms with E-state index in [0.29, 0.717) is 12.2 Å². The molecule has 1 aromatic carbocycles. The summed E-state index contributed by atoms with van der Waals surface area (Å²) in [7, 11) is -3.22. The fourth-order valence-electron chi connectivity index (χ4n) is 2.20. The maximum absolute atomic E-state index is 12.2. The van der Waals surface area contributed by atoms with Crippen LogP contribution in [0.1, 0.15) is 41.1 Å². The lowest BCUT2D eigenvalue weighted by molar-refractivity contribution is 0.0906. The Bertz CT molecular complexity index is 760. The molecule has 1 amide bonds. The Labute approximate surface area is 130 Å². The van der Waals surface area contributed by atoms with Gasteiger partial charge in [0.2, 0.25) is 0 Å². The second-order valence-electron chi connectivity index (χ2n) is 5.21. The van der Waals surface area contributed by atoms with Gasteiger partial charge in [0.05, 0.1) is 17.2 Å². The zero-order valence-electron chi connectivity index (χ0n) is 12.8. The molecular formula is C16H19NO4S. The second kappa shape index (κ2) is 6.36. The Hall–Kier alpha value is -2.08. The van der Waals surface area contributed by atoms with Crippen LogP contribution in [-0.2, 0) is 9.84 Å². The molecule has 0 aliphatic rings. The number of aryl methyl sites for hydroxylation is 1. The molecule has 0 saturated carbocycles. The van der Waals surface area contributed by atoms with Crippen LogP contribution in [-0.4, -0.2) is 20.6 Å². The molecule has 0 spiro atoms. The van der Waals surface area contributed by atoms with Crippen molar-refractivity contribution in [2.24, 2.45) is 0 Å². The largest absolute Gasteiger partial charge is 0.459 e. The third kappa shape index (κ3) is 3.57. The molecular weight excluding hydrogens is 302 g/mol. The molecule has 0 fully saturated rings. The van der Waals surface area contributed by atoms with E-state index in [1.54, 1.807) is 37.3 Å². The summed E-state index contributed by atoms with van der Waals surface area (Å²) in [5, 5.41) is 2.90. The summed E-state index contributed by atoms with van der Waals surface area (Å²) >= 11 is 0. The molecule has 1 aromatic heterocycles. The Morgan fingerprint density at radius 3 is 2.32 bits per heavy atom. The van der Waals surface area contributed by atoms with Crippen molar-refractivity contribution in [3.8, 4) is 0 Å². The van der Waals surface area contributed by atoms with Crippen LogP contribution in [0, 0.1) is 6.92 Å². The summed E-state index contributed by atoms with van der Waals surface area (Å²) in [6.07, 6.45) is 3.33. The fraction of sp³-hybridized carbons (Fsp3) is 0.312. The number of benzene rings is 1. The van der Waals surface area contributed by atoms with Gasteiger partial charge in [0.15, 0.2) is 15.6 Å². The second-order valence-corrected chi connectivity index (χ2v) is 7.22. The number of hydrogen-bond acceptors (Lipinski definition) is 4.